The summed E-state index contributed by atoms with van der Waals surface area (Å²) in [7, 11) is 0. The van der Waals surface area contributed by atoms with Crippen LogP contribution in [0.3, 0.4) is 0 Å². The molecule has 1 saturated heterocycles. The second-order valence-electron chi connectivity index (χ2n) is 10.8. The van der Waals surface area contributed by atoms with Crippen LogP contribution in [0.1, 0.15) is 70.6 Å². The Hall–Kier alpha value is -2.73. The zero-order valence-electron chi connectivity index (χ0n) is 20.6. The summed E-state index contributed by atoms with van der Waals surface area (Å²) in [6.45, 7) is 12.4. The monoisotopic (exact) mass is 447 g/mol. The highest BCUT2D eigenvalue weighted by Crippen LogP contribution is 2.32. The topological polar surface area (TPSA) is 70.2 Å². The maximum absolute atomic E-state index is 13.2. The number of hydrogen-bond donors (Lipinski definition) is 2. The molecular formula is C27H37N5O. The fourth-order valence-corrected chi connectivity index (χ4v) is 5.43. The number of pyridine rings is 2. The molecule has 1 fully saturated rings. The summed E-state index contributed by atoms with van der Waals surface area (Å²) in [5.41, 5.74) is 3.27. The zero-order chi connectivity index (χ0) is 23.6. The second-order valence-corrected chi connectivity index (χ2v) is 10.8. The third kappa shape index (κ3) is 5.99. The van der Waals surface area contributed by atoms with Crippen molar-refractivity contribution in [2.24, 2.45) is 0 Å². The molecule has 4 rings (SSSR count). The SMILES string of the molecule is Cc1cccnc1Nc1cccc(C2CCCN(C(=O)CC3=CC(C)(C)NC(C)(C)C3)C2)n1. The molecule has 0 aromatic carbocycles. The van der Waals surface area contributed by atoms with Crippen LogP contribution in [0, 0.1) is 6.92 Å². The number of carbonyl (C=O) groups is 1. The van der Waals surface area contributed by atoms with Crippen molar-refractivity contribution in [3.63, 3.8) is 0 Å². The van der Waals surface area contributed by atoms with Crippen LogP contribution in [-0.4, -0.2) is 44.9 Å². The molecule has 2 aliphatic rings. The van der Waals surface area contributed by atoms with E-state index < -0.39 is 0 Å². The van der Waals surface area contributed by atoms with Gasteiger partial charge in [-0.1, -0.05) is 23.8 Å². The fourth-order valence-electron chi connectivity index (χ4n) is 5.43. The molecule has 33 heavy (non-hydrogen) atoms. The highest BCUT2D eigenvalue weighted by molar-refractivity contribution is 5.79. The summed E-state index contributed by atoms with van der Waals surface area (Å²) in [6, 6.07) is 10.0. The molecular weight excluding hydrogens is 410 g/mol. The van der Waals surface area contributed by atoms with E-state index >= 15 is 0 Å². The lowest BCUT2D eigenvalue weighted by atomic mass is 9.82. The van der Waals surface area contributed by atoms with Crippen molar-refractivity contribution in [3.8, 4) is 0 Å². The lowest BCUT2D eigenvalue weighted by molar-refractivity contribution is -0.131. The van der Waals surface area contributed by atoms with Gasteiger partial charge in [-0.15, -0.1) is 0 Å². The predicted octanol–water partition coefficient (Wildman–Crippen LogP) is 5.10. The second kappa shape index (κ2) is 9.26. The number of aryl methyl sites for hydroxylation is 1. The molecule has 1 amide bonds. The van der Waals surface area contributed by atoms with E-state index in [1.54, 1.807) is 6.20 Å². The number of hydrogen-bond acceptors (Lipinski definition) is 5. The van der Waals surface area contributed by atoms with Crippen LogP contribution >= 0.6 is 0 Å². The van der Waals surface area contributed by atoms with Gasteiger partial charge in [0.15, 0.2) is 0 Å². The van der Waals surface area contributed by atoms with Gasteiger partial charge in [-0.25, -0.2) is 9.97 Å². The molecule has 1 atom stereocenters. The number of rotatable bonds is 5. The number of amides is 1. The Morgan fingerprint density at radius 1 is 1.21 bits per heavy atom. The summed E-state index contributed by atoms with van der Waals surface area (Å²) in [5.74, 6) is 2.10. The average Bonchev–Trinajstić information content (AvgIpc) is 2.73. The molecule has 2 N–H and O–H groups in total. The number of carbonyl (C=O) groups excluding carboxylic acids is 1. The van der Waals surface area contributed by atoms with Crippen molar-refractivity contribution >= 4 is 17.5 Å². The van der Waals surface area contributed by atoms with Gasteiger partial charge in [0.25, 0.3) is 0 Å². The molecule has 2 aromatic heterocycles. The van der Waals surface area contributed by atoms with Gasteiger partial charge >= 0.3 is 0 Å². The molecule has 176 valence electrons. The first-order valence-electron chi connectivity index (χ1n) is 12.0. The lowest BCUT2D eigenvalue weighted by Gasteiger charge is -2.41. The number of anilines is 2. The standard InChI is InChI=1S/C27H37N5O/c1-19-9-7-13-28-25(19)30-23-12-6-11-22(29-23)21-10-8-14-32(18-21)24(33)15-20-16-26(2,3)31-27(4,5)17-20/h6-7,9,11-13,16,21,31H,8,10,14-15,17-18H2,1-5H3,(H,28,29,30). The van der Waals surface area contributed by atoms with Crippen LogP contribution in [-0.2, 0) is 4.79 Å². The normalized spacial score (nSPS) is 21.9. The molecule has 0 saturated carbocycles. The molecule has 2 aliphatic heterocycles. The lowest BCUT2D eigenvalue weighted by Crippen LogP contribution is -2.54. The van der Waals surface area contributed by atoms with Crippen molar-refractivity contribution in [3.05, 3.63) is 59.4 Å². The molecule has 4 heterocycles. The summed E-state index contributed by atoms with van der Waals surface area (Å²) >= 11 is 0. The zero-order valence-corrected chi connectivity index (χ0v) is 20.6. The highest BCUT2D eigenvalue weighted by atomic mass is 16.2. The molecule has 6 heteroatoms. The minimum absolute atomic E-state index is 0.00161. The molecule has 2 aromatic rings. The number of nitrogens with zero attached hydrogens (tertiary/aromatic N) is 3. The van der Waals surface area contributed by atoms with Crippen LogP contribution in [0.25, 0.3) is 0 Å². The minimum Gasteiger partial charge on any atom is -0.342 e. The van der Waals surface area contributed by atoms with Gasteiger partial charge < -0.3 is 15.5 Å². The molecule has 0 bridgehead atoms. The first kappa shape index (κ1) is 23.4. The average molecular weight is 448 g/mol. The molecule has 0 aliphatic carbocycles. The van der Waals surface area contributed by atoms with Crippen LogP contribution in [0.5, 0.6) is 0 Å². The minimum atomic E-state index is -0.0921. The van der Waals surface area contributed by atoms with Gasteiger partial charge in [0.1, 0.15) is 11.6 Å². The quantitative estimate of drug-likeness (QED) is 0.624. The molecule has 6 nitrogen and oxygen atoms in total. The van der Waals surface area contributed by atoms with Crippen LogP contribution in [0.2, 0.25) is 0 Å². The maximum atomic E-state index is 13.2. The number of likely N-dealkylation sites (tertiary alicyclic amines) is 1. The largest absolute Gasteiger partial charge is 0.342 e. The van der Waals surface area contributed by atoms with E-state index in [4.69, 9.17) is 4.98 Å². The van der Waals surface area contributed by atoms with E-state index in [1.807, 2.05) is 36.1 Å². The Labute approximate surface area is 197 Å². The summed E-state index contributed by atoms with van der Waals surface area (Å²) in [4.78, 5) is 24.6. The fraction of sp³-hybridized carbons (Fsp3) is 0.519. The van der Waals surface area contributed by atoms with Crippen molar-refractivity contribution in [2.45, 2.75) is 77.3 Å². The van der Waals surface area contributed by atoms with Crippen LogP contribution in [0.15, 0.2) is 48.2 Å². The third-order valence-corrected chi connectivity index (χ3v) is 6.49. The van der Waals surface area contributed by atoms with Crippen molar-refractivity contribution < 1.29 is 4.79 Å². The van der Waals surface area contributed by atoms with Crippen molar-refractivity contribution in [1.29, 1.82) is 0 Å². The van der Waals surface area contributed by atoms with E-state index in [9.17, 15) is 4.79 Å². The number of nitrogens with one attached hydrogen (secondary N) is 2. The van der Waals surface area contributed by atoms with Gasteiger partial charge in [-0.3, -0.25) is 4.79 Å². The Morgan fingerprint density at radius 3 is 2.79 bits per heavy atom. The van der Waals surface area contributed by atoms with Gasteiger partial charge in [-0.05, 0) is 77.6 Å². The van der Waals surface area contributed by atoms with E-state index in [1.165, 1.54) is 5.57 Å². The molecule has 1 unspecified atom stereocenters. The van der Waals surface area contributed by atoms with E-state index in [0.29, 0.717) is 6.42 Å². The van der Waals surface area contributed by atoms with Gasteiger partial charge in [0, 0.05) is 48.4 Å². The first-order chi connectivity index (χ1) is 15.6. The Kier molecular flexibility index (Phi) is 6.57. The highest BCUT2D eigenvalue weighted by Gasteiger charge is 2.34. The van der Waals surface area contributed by atoms with E-state index in [0.717, 1.165) is 55.2 Å². The number of piperidine rings is 1. The van der Waals surface area contributed by atoms with E-state index in [2.05, 4.69) is 55.5 Å². The smallest absolute Gasteiger partial charge is 0.226 e. The summed E-state index contributed by atoms with van der Waals surface area (Å²) < 4.78 is 0. The van der Waals surface area contributed by atoms with Crippen molar-refractivity contribution in [1.82, 2.24) is 20.2 Å². The number of aromatic nitrogens is 2. The maximum Gasteiger partial charge on any atom is 0.226 e. The molecule has 0 spiro atoms. The summed E-state index contributed by atoms with van der Waals surface area (Å²) in [5, 5.41) is 6.99. The van der Waals surface area contributed by atoms with Crippen molar-refractivity contribution in [2.75, 3.05) is 18.4 Å². The van der Waals surface area contributed by atoms with Crippen LogP contribution in [0.4, 0.5) is 11.6 Å². The Bertz CT molecular complexity index is 1040. The van der Waals surface area contributed by atoms with Gasteiger partial charge in [-0.2, -0.15) is 0 Å². The van der Waals surface area contributed by atoms with E-state index in [-0.39, 0.29) is 22.9 Å². The third-order valence-electron chi connectivity index (χ3n) is 6.49. The Morgan fingerprint density at radius 2 is 2.03 bits per heavy atom. The first-order valence-corrected chi connectivity index (χ1v) is 12.0. The summed E-state index contributed by atoms with van der Waals surface area (Å²) in [6.07, 6.45) is 7.50. The molecule has 0 radical (unpaired) electrons. The van der Waals surface area contributed by atoms with Crippen LogP contribution < -0.4 is 10.6 Å². The predicted molar refractivity (Wildman–Crippen MR) is 134 cm³/mol. The van der Waals surface area contributed by atoms with Gasteiger partial charge in [0.05, 0.1) is 0 Å². The van der Waals surface area contributed by atoms with Gasteiger partial charge in [0.2, 0.25) is 5.91 Å². The Balaban J connectivity index is 1.43.